The average molecular weight is 451 g/mol. The fourth-order valence-corrected chi connectivity index (χ4v) is 3.74. The topological polar surface area (TPSA) is 79.9 Å². The Labute approximate surface area is 193 Å². The molecule has 1 amide bonds. The SMILES string of the molecule is CCC(C)(C)OC(=O)Nc1cccc2c1cnn2C(/C=C/C#N)(CC)c1ccc(Cl)cc1. The number of nitrogens with zero attached hydrogens (tertiary/aromatic N) is 3. The Kier molecular flexibility index (Phi) is 6.90. The molecule has 6 nitrogen and oxygen atoms in total. The van der Waals surface area contributed by atoms with Crippen LogP contribution in [0.2, 0.25) is 5.02 Å². The van der Waals surface area contributed by atoms with E-state index < -0.39 is 17.2 Å². The van der Waals surface area contributed by atoms with Gasteiger partial charge in [0.2, 0.25) is 0 Å². The maximum Gasteiger partial charge on any atom is 0.412 e. The van der Waals surface area contributed by atoms with E-state index in [9.17, 15) is 10.1 Å². The minimum atomic E-state index is -0.703. The van der Waals surface area contributed by atoms with Gasteiger partial charge in [-0.1, -0.05) is 43.6 Å². The highest BCUT2D eigenvalue weighted by atomic mass is 35.5. The van der Waals surface area contributed by atoms with Gasteiger partial charge in [0.1, 0.15) is 11.1 Å². The summed E-state index contributed by atoms with van der Waals surface area (Å²) in [7, 11) is 0. The van der Waals surface area contributed by atoms with Gasteiger partial charge in [0.25, 0.3) is 0 Å². The molecule has 1 unspecified atom stereocenters. The van der Waals surface area contributed by atoms with Crippen LogP contribution in [0.3, 0.4) is 0 Å². The fourth-order valence-electron chi connectivity index (χ4n) is 3.61. The van der Waals surface area contributed by atoms with E-state index in [1.807, 2.05) is 80.9 Å². The molecule has 0 saturated carbocycles. The first-order chi connectivity index (χ1) is 15.3. The molecule has 0 bridgehead atoms. The number of halogens is 1. The number of carbonyl (C=O) groups is 1. The fraction of sp³-hybridized carbons (Fsp3) is 0.320. The van der Waals surface area contributed by atoms with Crippen molar-refractivity contribution >= 4 is 34.3 Å². The van der Waals surface area contributed by atoms with Crippen LogP contribution in [0.15, 0.2) is 60.8 Å². The van der Waals surface area contributed by atoms with Gasteiger partial charge in [0, 0.05) is 16.5 Å². The molecule has 166 valence electrons. The van der Waals surface area contributed by atoms with Crippen molar-refractivity contribution in [2.45, 2.75) is 51.7 Å². The van der Waals surface area contributed by atoms with Gasteiger partial charge in [-0.15, -0.1) is 0 Å². The second kappa shape index (κ2) is 9.46. The first-order valence-corrected chi connectivity index (χ1v) is 10.9. The second-order valence-corrected chi connectivity index (χ2v) is 8.61. The third-order valence-corrected chi connectivity index (χ3v) is 6.02. The molecular formula is C25H27ClN4O2. The van der Waals surface area contributed by atoms with Crippen LogP contribution in [0.5, 0.6) is 0 Å². The van der Waals surface area contributed by atoms with Gasteiger partial charge in [0.05, 0.1) is 23.5 Å². The maximum absolute atomic E-state index is 12.5. The summed E-state index contributed by atoms with van der Waals surface area (Å²) in [4.78, 5) is 12.5. The zero-order chi connectivity index (χ0) is 23.4. The zero-order valence-corrected chi connectivity index (χ0v) is 19.5. The molecule has 0 radical (unpaired) electrons. The smallest absolute Gasteiger partial charge is 0.412 e. The van der Waals surface area contributed by atoms with Crippen molar-refractivity contribution in [1.82, 2.24) is 9.78 Å². The molecule has 0 aliphatic rings. The Hall–Kier alpha value is -3.30. The lowest BCUT2D eigenvalue weighted by Gasteiger charge is -2.31. The second-order valence-electron chi connectivity index (χ2n) is 8.17. The lowest BCUT2D eigenvalue weighted by Crippen LogP contribution is -2.33. The third-order valence-electron chi connectivity index (χ3n) is 5.77. The monoisotopic (exact) mass is 450 g/mol. The van der Waals surface area contributed by atoms with E-state index in [0.717, 1.165) is 16.5 Å². The molecule has 1 atom stereocenters. The van der Waals surface area contributed by atoms with Crippen molar-refractivity contribution in [2.24, 2.45) is 0 Å². The molecule has 7 heteroatoms. The van der Waals surface area contributed by atoms with E-state index in [-0.39, 0.29) is 0 Å². The lowest BCUT2D eigenvalue weighted by molar-refractivity contribution is 0.0462. The number of nitrogens with one attached hydrogen (secondary N) is 1. The molecule has 2 aromatic carbocycles. The van der Waals surface area contributed by atoms with Gasteiger partial charge in [-0.25, -0.2) is 4.79 Å². The molecule has 3 rings (SSSR count). The van der Waals surface area contributed by atoms with Gasteiger partial charge in [0.15, 0.2) is 0 Å². The summed E-state index contributed by atoms with van der Waals surface area (Å²) in [5, 5.41) is 18.2. The number of ether oxygens (including phenoxy) is 1. The molecule has 32 heavy (non-hydrogen) atoms. The predicted molar refractivity (Wildman–Crippen MR) is 128 cm³/mol. The van der Waals surface area contributed by atoms with E-state index in [0.29, 0.717) is 23.6 Å². The van der Waals surface area contributed by atoms with Gasteiger partial charge in [-0.3, -0.25) is 10.00 Å². The number of carbonyl (C=O) groups excluding carboxylic acids is 1. The average Bonchev–Trinajstić information content (AvgIpc) is 3.21. The number of allylic oxidation sites excluding steroid dienone is 2. The third kappa shape index (κ3) is 4.63. The zero-order valence-electron chi connectivity index (χ0n) is 18.7. The molecular weight excluding hydrogens is 424 g/mol. The van der Waals surface area contributed by atoms with Crippen LogP contribution in [-0.2, 0) is 10.3 Å². The largest absolute Gasteiger partial charge is 0.443 e. The molecule has 0 fully saturated rings. The highest BCUT2D eigenvalue weighted by Crippen LogP contribution is 2.36. The van der Waals surface area contributed by atoms with Crippen LogP contribution in [0.1, 0.15) is 46.1 Å². The van der Waals surface area contributed by atoms with E-state index in [2.05, 4.69) is 16.5 Å². The van der Waals surface area contributed by atoms with Gasteiger partial charge in [-0.2, -0.15) is 10.4 Å². The molecule has 0 saturated heterocycles. The predicted octanol–water partition coefficient (Wildman–Crippen LogP) is 6.66. The first-order valence-electron chi connectivity index (χ1n) is 10.6. The number of hydrogen-bond donors (Lipinski definition) is 1. The Bertz CT molecular complexity index is 1170. The van der Waals surface area contributed by atoms with Crippen molar-refractivity contribution in [2.75, 3.05) is 5.32 Å². The number of anilines is 1. The minimum absolute atomic E-state index is 0.513. The highest BCUT2D eigenvalue weighted by molar-refractivity contribution is 6.30. The van der Waals surface area contributed by atoms with E-state index in [4.69, 9.17) is 16.3 Å². The summed E-state index contributed by atoms with van der Waals surface area (Å²) >= 11 is 6.11. The van der Waals surface area contributed by atoms with Crippen LogP contribution in [-0.4, -0.2) is 21.5 Å². The Balaban J connectivity index is 2.10. The van der Waals surface area contributed by atoms with E-state index in [1.54, 1.807) is 6.20 Å². The molecule has 3 aromatic rings. The number of nitriles is 1. The summed E-state index contributed by atoms with van der Waals surface area (Å²) in [6, 6.07) is 15.2. The number of aromatic nitrogens is 2. The van der Waals surface area contributed by atoms with Crippen LogP contribution < -0.4 is 5.32 Å². The highest BCUT2D eigenvalue weighted by Gasteiger charge is 2.32. The number of benzene rings is 2. The van der Waals surface area contributed by atoms with Crippen LogP contribution in [0, 0.1) is 11.3 Å². The van der Waals surface area contributed by atoms with Gasteiger partial charge < -0.3 is 4.74 Å². The summed E-state index contributed by atoms with van der Waals surface area (Å²) in [5.41, 5.74) is 1.11. The van der Waals surface area contributed by atoms with Gasteiger partial charge in [-0.05, 0) is 62.6 Å². The Morgan fingerprint density at radius 2 is 1.94 bits per heavy atom. The first kappa shape index (κ1) is 23.4. The number of fused-ring (bicyclic) bond motifs is 1. The van der Waals surface area contributed by atoms with Crippen molar-refractivity contribution in [1.29, 1.82) is 5.26 Å². The molecule has 1 N–H and O–H groups in total. The quantitative estimate of drug-likeness (QED) is 0.408. The van der Waals surface area contributed by atoms with E-state index >= 15 is 0 Å². The molecule has 0 spiro atoms. The van der Waals surface area contributed by atoms with Crippen molar-refractivity contribution < 1.29 is 9.53 Å². The normalized spacial score (nSPS) is 13.6. The number of amides is 1. The molecule has 1 heterocycles. The van der Waals surface area contributed by atoms with Crippen molar-refractivity contribution in [3.05, 3.63) is 71.4 Å². The molecule has 1 aromatic heterocycles. The summed E-state index contributed by atoms with van der Waals surface area (Å²) < 4.78 is 7.41. The van der Waals surface area contributed by atoms with Crippen LogP contribution >= 0.6 is 11.6 Å². The Morgan fingerprint density at radius 1 is 1.22 bits per heavy atom. The standard InChI is InChI=1S/C25H27ClN4O2/c1-5-24(3,4)32-23(31)29-21-9-7-10-22-20(21)17-28-30(22)25(6-2,15-8-16-27)18-11-13-19(26)14-12-18/h7-15,17H,5-6H2,1-4H3,(H,29,31)/b15-8+. The van der Waals surface area contributed by atoms with Gasteiger partial charge >= 0.3 is 6.09 Å². The summed E-state index contributed by atoms with van der Waals surface area (Å²) in [6.45, 7) is 7.74. The lowest BCUT2D eigenvalue weighted by atomic mass is 9.86. The Morgan fingerprint density at radius 3 is 2.56 bits per heavy atom. The van der Waals surface area contributed by atoms with Crippen molar-refractivity contribution in [3.8, 4) is 6.07 Å². The minimum Gasteiger partial charge on any atom is -0.443 e. The number of hydrogen-bond acceptors (Lipinski definition) is 4. The number of rotatable bonds is 7. The molecule has 0 aliphatic heterocycles. The molecule has 0 aliphatic carbocycles. The maximum atomic E-state index is 12.5. The van der Waals surface area contributed by atoms with Crippen molar-refractivity contribution in [3.63, 3.8) is 0 Å². The summed E-state index contributed by atoms with van der Waals surface area (Å²) in [6.07, 6.45) is 5.87. The van der Waals surface area contributed by atoms with Crippen LogP contribution in [0.4, 0.5) is 10.5 Å². The van der Waals surface area contributed by atoms with E-state index in [1.165, 1.54) is 6.08 Å². The van der Waals surface area contributed by atoms with Crippen LogP contribution in [0.25, 0.3) is 10.9 Å². The summed E-state index contributed by atoms with van der Waals surface area (Å²) in [5.74, 6) is 0.